The number of fused-ring (bicyclic) bond motifs is 2. The van der Waals surface area contributed by atoms with Gasteiger partial charge in [0.2, 0.25) is 0 Å². The maximum atomic E-state index is 13.3. The Morgan fingerprint density at radius 2 is 1.27 bits per heavy atom. The van der Waals surface area contributed by atoms with Crippen LogP contribution in [-0.4, -0.2) is 29.8 Å². The number of carbonyl (C=O) groups excluding carboxylic acids is 1. The number of hydrogen-bond donors (Lipinski definition) is 0. The number of hydrogen-bond acceptors (Lipinski definition) is 2. The van der Waals surface area contributed by atoms with Gasteiger partial charge < -0.3 is 0 Å². The van der Waals surface area contributed by atoms with E-state index >= 15 is 0 Å². The number of carbonyl (C=O) groups is 1. The van der Waals surface area contributed by atoms with Crippen molar-refractivity contribution in [3.05, 3.63) is 80.8 Å². The first-order valence-corrected chi connectivity index (χ1v) is 9.50. The molecule has 0 aliphatic carbocycles. The van der Waals surface area contributed by atoms with E-state index in [9.17, 15) is 4.79 Å². The number of piperidine rings is 1. The van der Waals surface area contributed by atoms with E-state index in [1.807, 2.05) is 60.7 Å². The first-order chi connectivity index (χ1) is 12.6. The van der Waals surface area contributed by atoms with Crippen molar-refractivity contribution in [1.82, 2.24) is 4.90 Å². The van der Waals surface area contributed by atoms with Crippen molar-refractivity contribution >= 4 is 41.1 Å². The molecule has 4 rings (SSSR count). The monoisotopic (exact) mass is 383 g/mol. The third-order valence-corrected chi connectivity index (χ3v) is 6.06. The normalized spacial score (nSPS) is 26.0. The molecule has 4 heteroatoms. The zero-order valence-electron chi connectivity index (χ0n) is 14.5. The summed E-state index contributed by atoms with van der Waals surface area (Å²) in [6.45, 7) is 0. The van der Waals surface area contributed by atoms with Gasteiger partial charge in [0.1, 0.15) is 0 Å². The molecule has 0 saturated carbocycles. The largest absolute Gasteiger partial charge is 0.292 e. The lowest BCUT2D eigenvalue weighted by atomic mass is 9.88. The van der Waals surface area contributed by atoms with Gasteiger partial charge in [-0.1, -0.05) is 59.6 Å². The van der Waals surface area contributed by atoms with Crippen molar-refractivity contribution in [2.45, 2.75) is 24.9 Å². The summed E-state index contributed by atoms with van der Waals surface area (Å²) < 4.78 is 0. The molecule has 2 bridgehead atoms. The minimum atomic E-state index is 0.107. The molecule has 2 nitrogen and oxygen atoms in total. The van der Waals surface area contributed by atoms with E-state index in [-0.39, 0.29) is 17.9 Å². The number of halogens is 2. The molecule has 132 valence electrons. The average Bonchev–Trinajstić information content (AvgIpc) is 2.94. The highest BCUT2D eigenvalue weighted by Gasteiger charge is 2.44. The Morgan fingerprint density at radius 1 is 0.846 bits per heavy atom. The second kappa shape index (κ2) is 7.03. The summed E-state index contributed by atoms with van der Waals surface area (Å²) >= 11 is 12.6. The summed E-state index contributed by atoms with van der Waals surface area (Å²) in [6, 6.07) is 15.6. The number of nitrogens with zero attached hydrogens (tertiary/aromatic N) is 1. The standard InChI is InChI=1S/C22H19Cl2NO/c1-25-20-10-11-21(25)17(13-15-7-3-5-9-19(15)24)22(26)16(20)12-14-6-2-4-8-18(14)23/h2-9,12-13,20-21H,10-11H2,1H3/b16-12-,17-13+/t20-,21+/m1/s1. The van der Waals surface area contributed by atoms with E-state index < -0.39 is 0 Å². The van der Waals surface area contributed by atoms with Crippen LogP contribution in [0.15, 0.2) is 59.7 Å². The number of benzene rings is 2. The summed E-state index contributed by atoms with van der Waals surface area (Å²) in [4.78, 5) is 15.6. The number of likely N-dealkylation sites (N-methyl/N-ethyl adjacent to an activating group) is 1. The van der Waals surface area contributed by atoms with Gasteiger partial charge in [-0.3, -0.25) is 9.69 Å². The molecular formula is C22H19Cl2NO. The van der Waals surface area contributed by atoms with E-state index in [4.69, 9.17) is 23.2 Å². The van der Waals surface area contributed by atoms with Crippen molar-refractivity contribution in [3.8, 4) is 0 Å². The highest BCUT2D eigenvalue weighted by atomic mass is 35.5. The first-order valence-electron chi connectivity index (χ1n) is 8.75. The molecule has 2 fully saturated rings. The van der Waals surface area contributed by atoms with Crippen LogP contribution in [0.25, 0.3) is 12.2 Å². The summed E-state index contributed by atoms with van der Waals surface area (Å²) in [7, 11) is 2.09. The molecule has 2 aliphatic heterocycles. The van der Waals surface area contributed by atoms with Crippen molar-refractivity contribution in [1.29, 1.82) is 0 Å². The Labute approximate surface area is 163 Å². The Morgan fingerprint density at radius 3 is 1.69 bits per heavy atom. The van der Waals surface area contributed by atoms with E-state index in [1.54, 1.807) is 0 Å². The Kier molecular flexibility index (Phi) is 4.74. The molecule has 0 unspecified atom stereocenters. The second-order valence-corrected chi connectivity index (χ2v) is 7.66. The molecule has 0 radical (unpaired) electrons. The molecule has 2 aromatic rings. The number of rotatable bonds is 2. The predicted octanol–water partition coefficient (Wildman–Crippen LogP) is 5.51. The van der Waals surface area contributed by atoms with Crippen LogP contribution in [0.2, 0.25) is 10.0 Å². The summed E-state index contributed by atoms with van der Waals surface area (Å²) in [5.41, 5.74) is 3.39. The second-order valence-electron chi connectivity index (χ2n) is 6.85. The molecular weight excluding hydrogens is 365 g/mol. The first kappa shape index (κ1) is 17.5. The minimum Gasteiger partial charge on any atom is -0.292 e. The molecule has 2 heterocycles. The Bertz CT molecular complexity index is 858. The molecule has 26 heavy (non-hydrogen) atoms. The predicted molar refractivity (Wildman–Crippen MR) is 108 cm³/mol. The maximum absolute atomic E-state index is 13.3. The van der Waals surface area contributed by atoms with Crippen molar-refractivity contribution in [2.75, 3.05) is 7.05 Å². The van der Waals surface area contributed by atoms with Gasteiger partial charge in [-0.2, -0.15) is 0 Å². The van der Waals surface area contributed by atoms with Crippen LogP contribution in [0.5, 0.6) is 0 Å². The molecule has 0 aromatic heterocycles. The fourth-order valence-electron chi connectivity index (χ4n) is 4.00. The maximum Gasteiger partial charge on any atom is 0.188 e. The molecule has 2 saturated heterocycles. The van der Waals surface area contributed by atoms with Gasteiger partial charge in [-0.25, -0.2) is 0 Å². The SMILES string of the molecule is CN1[C@@H]2CC[C@H]1/C(=C\c1ccccc1Cl)C(=O)/C2=C\c1ccccc1Cl. The highest BCUT2D eigenvalue weighted by molar-refractivity contribution is 6.33. The van der Waals surface area contributed by atoms with E-state index in [1.165, 1.54) is 0 Å². The quantitative estimate of drug-likeness (QED) is 0.637. The fourth-order valence-corrected chi connectivity index (χ4v) is 4.38. The van der Waals surface area contributed by atoms with Crippen LogP contribution in [0.4, 0.5) is 0 Å². The molecule has 0 spiro atoms. The van der Waals surface area contributed by atoms with Gasteiger partial charge >= 0.3 is 0 Å². The minimum absolute atomic E-state index is 0.107. The smallest absolute Gasteiger partial charge is 0.188 e. The molecule has 2 atom stereocenters. The summed E-state index contributed by atoms with van der Waals surface area (Å²) in [6.07, 6.45) is 5.85. The van der Waals surface area contributed by atoms with Crippen molar-refractivity contribution in [3.63, 3.8) is 0 Å². The topological polar surface area (TPSA) is 20.3 Å². The van der Waals surface area contributed by atoms with E-state index in [0.29, 0.717) is 10.0 Å². The highest BCUT2D eigenvalue weighted by Crippen LogP contribution is 2.41. The van der Waals surface area contributed by atoms with E-state index in [0.717, 1.165) is 35.1 Å². The molecule has 0 N–H and O–H groups in total. The summed E-state index contributed by atoms with van der Waals surface area (Å²) in [5, 5.41) is 1.32. The Balaban J connectivity index is 1.81. The molecule has 2 aromatic carbocycles. The summed E-state index contributed by atoms with van der Waals surface area (Å²) in [5.74, 6) is 0.107. The Hall–Kier alpha value is -1.87. The van der Waals surface area contributed by atoms with Gasteiger partial charge in [-0.05, 0) is 55.3 Å². The van der Waals surface area contributed by atoms with Crippen LogP contribution in [0.1, 0.15) is 24.0 Å². The van der Waals surface area contributed by atoms with Gasteiger partial charge in [0, 0.05) is 33.3 Å². The van der Waals surface area contributed by atoms with Gasteiger partial charge in [0.05, 0.1) is 0 Å². The van der Waals surface area contributed by atoms with Gasteiger partial charge in [0.25, 0.3) is 0 Å². The van der Waals surface area contributed by atoms with Gasteiger partial charge in [-0.15, -0.1) is 0 Å². The van der Waals surface area contributed by atoms with Crippen molar-refractivity contribution < 1.29 is 4.79 Å². The molecule has 0 amide bonds. The number of Topliss-reactive ketones (excluding diaryl/α,β-unsaturated/α-hetero) is 1. The third-order valence-electron chi connectivity index (χ3n) is 5.37. The molecule has 2 aliphatic rings. The van der Waals surface area contributed by atoms with Crippen molar-refractivity contribution in [2.24, 2.45) is 0 Å². The van der Waals surface area contributed by atoms with Crippen LogP contribution in [0, 0.1) is 0 Å². The van der Waals surface area contributed by atoms with Crippen LogP contribution >= 0.6 is 23.2 Å². The zero-order chi connectivity index (χ0) is 18.3. The van der Waals surface area contributed by atoms with E-state index in [2.05, 4.69) is 11.9 Å². The average molecular weight is 384 g/mol. The lowest BCUT2D eigenvalue weighted by molar-refractivity contribution is -0.114. The fraction of sp³-hybridized carbons (Fsp3) is 0.227. The van der Waals surface area contributed by atoms with Crippen LogP contribution in [0.3, 0.4) is 0 Å². The third kappa shape index (κ3) is 3.03. The lowest BCUT2D eigenvalue weighted by Gasteiger charge is -2.34. The lowest BCUT2D eigenvalue weighted by Crippen LogP contribution is -2.43. The zero-order valence-corrected chi connectivity index (χ0v) is 16.0. The van der Waals surface area contributed by atoms with Gasteiger partial charge in [0.15, 0.2) is 5.78 Å². The van der Waals surface area contributed by atoms with Crippen LogP contribution in [-0.2, 0) is 4.79 Å². The van der Waals surface area contributed by atoms with Crippen LogP contribution < -0.4 is 0 Å². The number of ketones is 1.